The van der Waals surface area contributed by atoms with Crippen LogP contribution in [0.25, 0.3) is 11.4 Å². The van der Waals surface area contributed by atoms with Crippen LogP contribution in [-0.4, -0.2) is 19.7 Å². The Morgan fingerprint density at radius 1 is 1.30 bits per heavy atom. The number of hydrogen-bond donors (Lipinski definition) is 2. The molecular weight excluding hydrogens is 402 g/mol. The Morgan fingerprint density at radius 2 is 2.10 bits per heavy atom. The summed E-state index contributed by atoms with van der Waals surface area (Å²) in [4.78, 5) is 13.4. The van der Waals surface area contributed by atoms with Crippen molar-refractivity contribution in [3.8, 4) is 11.4 Å². The van der Waals surface area contributed by atoms with Crippen molar-refractivity contribution in [3.05, 3.63) is 66.2 Å². The van der Waals surface area contributed by atoms with Gasteiger partial charge in [-0.25, -0.2) is 9.07 Å². The van der Waals surface area contributed by atoms with Crippen LogP contribution in [0.15, 0.2) is 60.6 Å². The first-order valence-electron chi connectivity index (χ1n) is 9.72. The minimum atomic E-state index is -1.12. The number of aryl methyl sites for hydroxylation is 1. The number of nitrogens with one attached hydrogen (secondary N) is 1. The predicted octanol–water partition coefficient (Wildman–Crippen LogP) is 4.89. The quantitative estimate of drug-likeness (QED) is 0.207. The Labute approximate surface area is 177 Å². The molecule has 2 unspecified atom stereocenters. The maximum atomic E-state index is 13.6. The average Bonchev–Trinajstić information content (AvgIpc) is 3.16. The zero-order valence-corrected chi connectivity index (χ0v) is 18.0. The summed E-state index contributed by atoms with van der Waals surface area (Å²) in [7, 11) is 2.15. The third-order valence-electron chi connectivity index (χ3n) is 4.51. The van der Waals surface area contributed by atoms with E-state index in [9.17, 15) is 4.39 Å². The van der Waals surface area contributed by atoms with E-state index in [4.69, 9.17) is 5.90 Å². The van der Waals surface area contributed by atoms with Gasteiger partial charge in [-0.05, 0) is 62.1 Å². The Bertz CT molecular complexity index is 977. The lowest BCUT2D eigenvalue weighted by Crippen LogP contribution is -2.03. The summed E-state index contributed by atoms with van der Waals surface area (Å²) in [5.41, 5.74) is 2.24. The van der Waals surface area contributed by atoms with E-state index < -0.39 is 5.91 Å². The fourth-order valence-corrected chi connectivity index (χ4v) is 3.15. The summed E-state index contributed by atoms with van der Waals surface area (Å²) in [6, 6.07) is 10.9. The molecule has 0 bridgehead atoms. The van der Waals surface area contributed by atoms with Gasteiger partial charge in [0.25, 0.3) is 0 Å². The van der Waals surface area contributed by atoms with Crippen LogP contribution in [0.5, 0.6) is 0 Å². The Balaban J connectivity index is 1.76. The summed E-state index contributed by atoms with van der Waals surface area (Å²) in [5.74, 6) is 5.94. The van der Waals surface area contributed by atoms with Gasteiger partial charge in [-0.1, -0.05) is 21.4 Å². The molecule has 0 aliphatic rings. The van der Waals surface area contributed by atoms with Crippen LogP contribution < -0.4 is 11.2 Å². The molecular formula is C21H26FN6OP. The molecule has 0 fully saturated rings. The van der Waals surface area contributed by atoms with Crippen molar-refractivity contribution in [2.45, 2.75) is 38.6 Å². The van der Waals surface area contributed by atoms with Gasteiger partial charge in [-0.3, -0.25) is 4.98 Å². The van der Waals surface area contributed by atoms with E-state index in [2.05, 4.69) is 34.5 Å². The molecule has 0 radical (unpaired) electrons. The second-order valence-electron chi connectivity index (χ2n) is 6.80. The fraction of sp³-hybridized carbons (Fsp3) is 0.286. The smallest absolute Gasteiger partial charge is 0.247 e. The molecule has 30 heavy (non-hydrogen) atoms. The van der Waals surface area contributed by atoms with Crippen molar-refractivity contribution in [2.75, 3.05) is 5.32 Å². The molecule has 9 heteroatoms. The van der Waals surface area contributed by atoms with Crippen molar-refractivity contribution in [2.24, 2.45) is 5.90 Å². The molecule has 2 aromatic heterocycles. The first kappa shape index (κ1) is 21.9. The van der Waals surface area contributed by atoms with E-state index in [1.54, 1.807) is 30.6 Å². The van der Waals surface area contributed by atoms with Gasteiger partial charge in [0, 0.05) is 30.2 Å². The highest BCUT2D eigenvalue weighted by molar-refractivity contribution is 7.16. The van der Waals surface area contributed by atoms with Crippen LogP contribution in [0.1, 0.15) is 37.7 Å². The van der Waals surface area contributed by atoms with Crippen LogP contribution in [0.2, 0.25) is 0 Å². The topological polar surface area (TPSA) is 90.9 Å². The summed E-state index contributed by atoms with van der Waals surface area (Å²) in [6.45, 7) is 2.54. The van der Waals surface area contributed by atoms with E-state index in [0.29, 0.717) is 23.8 Å². The molecule has 158 valence electrons. The van der Waals surface area contributed by atoms with Crippen LogP contribution in [0.3, 0.4) is 0 Å². The highest BCUT2D eigenvalue weighted by Crippen LogP contribution is 2.27. The molecule has 2 atom stereocenters. The van der Waals surface area contributed by atoms with E-state index in [1.165, 1.54) is 0 Å². The number of benzene rings is 1. The number of pyridine rings is 1. The molecule has 7 nitrogen and oxygen atoms in total. The van der Waals surface area contributed by atoms with Crippen molar-refractivity contribution in [1.82, 2.24) is 19.7 Å². The van der Waals surface area contributed by atoms with Gasteiger partial charge >= 0.3 is 0 Å². The monoisotopic (exact) mass is 428 g/mol. The zero-order chi connectivity index (χ0) is 21.3. The Morgan fingerprint density at radius 3 is 2.83 bits per heavy atom. The van der Waals surface area contributed by atoms with Crippen molar-refractivity contribution in [1.29, 1.82) is 0 Å². The minimum absolute atomic E-state index is 0.463. The van der Waals surface area contributed by atoms with Crippen LogP contribution in [0.4, 0.5) is 16.0 Å². The summed E-state index contributed by atoms with van der Waals surface area (Å²) >= 11 is 0. The first-order chi connectivity index (χ1) is 14.6. The van der Waals surface area contributed by atoms with Crippen molar-refractivity contribution in [3.63, 3.8) is 0 Å². The number of alkyl halides is 1. The summed E-state index contributed by atoms with van der Waals surface area (Å²) in [6.07, 6.45) is 8.18. The molecule has 0 saturated heterocycles. The Hall–Kier alpha value is -2.83. The predicted molar refractivity (Wildman–Crippen MR) is 119 cm³/mol. The number of allylic oxidation sites excluding steroid dienone is 2. The lowest BCUT2D eigenvalue weighted by atomic mass is 10.2. The molecule has 1 aromatic carbocycles. The second-order valence-corrected chi connectivity index (χ2v) is 7.38. The third-order valence-corrected chi connectivity index (χ3v) is 4.90. The molecule has 2 heterocycles. The SMILES string of the molecule is C/C(=C/CCCCn1nc(Nc2cccc(C(F)P)c2)nc1-c1ccncc1)ON. The van der Waals surface area contributed by atoms with Crippen LogP contribution in [0, 0.1) is 0 Å². The molecule has 0 aliphatic carbocycles. The van der Waals surface area contributed by atoms with E-state index in [-0.39, 0.29) is 0 Å². The molecule has 3 rings (SSSR count). The first-order valence-corrected chi connectivity index (χ1v) is 10.4. The molecule has 0 spiro atoms. The number of rotatable bonds is 10. The van der Waals surface area contributed by atoms with Gasteiger partial charge < -0.3 is 10.2 Å². The number of nitrogens with zero attached hydrogens (tertiary/aromatic N) is 4. The van der Waals surface area contributed by atoms with Gasteiger partial charge in [0.2, 0.25) is 5.95 Å². The van der Waals surface area contributed by atoms with E-state index in [1.807, 2.05) is 35.9 Å². The largest absolute Gasteiger partial charge is 0.417 e. The van der Waals surface area contributed by atoms with E-state index in [0.717, 1.165) is 36.3 Å². The number of anilines is 2. The number of hydrogen-bond acceptors (Lipinski definition) is 6. The molecule has 0 saturated carbocycles. The number of halogens is 1. The van der Waals surface area contributed by atoms with Gasteiger partial charge in [-0.15, -0.1) is 5.10 Å². The highest BCUT2D eigenvalue weighted by Gasteiger charge is 2.13. The normalized spacial score (nSPS) is 12.6. The molecule has 0 aliphatic heterocycles. The number of unbranched alkanes of at least 4 members (excludes halogenated alkanes) is 2. The maximum absolute atomic E-state index is 13.6. The van der Waals surface area contributed by atoms with E-state index >= 15 is 0 Å². The Kier molecular flexibility index (Phi) is 7.88. The molecule has 0 amide bonds. The van der Waals surface area contributed by atoms with Gasteiger partial charge in [0.05, 0.1) is 0 Å². The highest BCUT2D eigenvalue weighted by atomic mass is 31.0. The second kappa shape index (κ2) is 10.8. The van der Waals surface area contributed by atoms with Crippen LogP contribution >= 0.6 is 9.24 Å². The summed E-state index contributed by atoms with van der Waals surface area (Å²) < 4.78 is 15.5. The summed E-state index contributed by atoms with van der Waals surface area (Å²) in [5, 5.41) is 7.80. The van der Waals surface area contributed by atoms with Crippen molar-refractivity contribution >= 4 is 20.9 Å². The van der Waals surface area contributed by atoms with Crippen LogP contribution in [-0.2, 0) is 11.4 Å². The number of nitrogens with two attached hydrogens (primary N) is 1. The third kappa shape index (κ3) is 6.08. The average molecular weight is 428 g/mol. The molecule has 3 N–H and O–H groups in total. The fourth-order valence-electron chi connectivity index (χ4n) is 2.94. The lowest BCUT2D eigenvalue weighted by molar-refractivity contribution is 0.221. The zero-order valence-electron chi connectivity index (χ0n) is 16.8. The molecule has 3 aromatic rings. The van der Waals surface area contributed by atoms with Crippen molar-refractivity contribution < 1.29 is 9.23 Å². The van der Waals surface area contributed by atoms with Gasteiger partial charge in [-0.2, -0.15) is 10.9 Å². The maximum Gasteiger partial charge on any atom is 0.247 e. The lowest BCUT2D eigenvalue weighted by Gasteiger charge is -2.06. The number of aromatic nitrogens is 4. The minimum Gasteiger partial charge on any atom is -0.417 e. The van der Waals surface area contributed by atoms with Gasteiger partial charge in [0.15, 0.2) is 5.82 Å². The van der Waals surface area contributed by atoms with Gasteiger partial charge in [0.1, 0.15) is 11.7 Å². The standard InChI is InChI=1S/C21H26FN6OP/c1-15(29-23)6-3-2-4-13-28-20(16-9-11-24-12-10-16)26-21(27-28)25-18-8-5-7-17(14-18)19(22)30/h5-12,14,19H,2-4,13,23,30H2,1H3,(H,25,27)/b15-6-.